The summed E-state index contributed by atoms with van der Waals surface area (Å²) >= 11 is 0. The molecule has 0 radical (unpaired) electrons. The average molecular weight is 241 g/mol. The smallest absolute Gasteiger partial charge is 0.152 e. The Morgan fingerprint density at radius 3 is 1.94 bits per heavy atom. The van der Waals surface area contributed by atoms with Crippen LogP contribution in [0.1, 0.15) is 51.4 Å². The highest BCUT2D eigenvalue weighted by Crippen LogP contribution is 2.41. The fraction of sp³-hybridized carbons (Fsp3) is 0.706. The van der Waals surface area contributed by atoms with Crippen molar-refractivity contribution < 1.29 is 0 Å². The van der Waals surface area contributed by atoms with Crippen LogP contribution in [0, 0.1) is 46.8 Å². The van der Waals surface area contributed by atoms with Crippen molar-refractivity contribution in [2.45, 2.75) is 51.4 Å². The number of nitriles is 1. The first-order chi connectivity index (χ1) is 8.83. The van der Waals surface area contributed by atoms with Crippen molar-refractivity contribution in [2.24, 2.45) is 23.7 Å². The second-order valence-electron chi connectivity index (χ2n) is 5.90. The van der Waals surface area contributed by atoms with E-state index >= 15 is 0 Å². The third-order valence-corrected chi connectivity index (χ3v) is 4.92. The van der Waals surface area contributed by atoms with Crippen molar-refractivity contribution >= 4 is 0 Å². The zero-order valence-corrected chi connectivity index (χ0v) is 11.2. The summed E-state index contributed by atoms with van der Waals surface area (Å²) in [6.07, 6.45) is 12.7. The van der Waals surface area contributed by atoms with Crippen LogP contribution in [0.15, 0.2) is 12.7 Å². The fourth-order valence-electron chi connectivity index (χ4n) is 3.72. The Labute approximate surface area is 111 Å². The molecule has 1 nitrogen and oxygen atoms in total. The maximum Gasteiger partial charge on any atom is 0.152 e. The number of rotatable bonds is 2. The third kappa shape index (κ3) is 3.39. The van der Waals surface area contributed by atoms with E-state index < -0.39 is 0 Å². The van der Waals surface area contributed by atoms with Gasteiger partial charge < -0.3 is 0 Å². The summed E-state index contributed by atoms with van der Waals surface area (Å²) in [5.41, 5.74) is 0. The molecule has 2 aliphatic carbocycles. The summed E-state index contributed by atoms with van der Waals surface area (Å²) in [6, 6.07) is 1.93. The molecule has 0 aromatic heterocycles. The van der Waals surface area contributed by atoms with Gasteiger partial charge in [-0.05, 0) is 69.1 Å². The summed E-state index contributed by atoms with van der Waals surface area (Å²) < 4.78 is 0. The molecule has 0 aromatic rings. The van der Waals surface area contributed by atoms with E-state index in [1.807, 2.05) is 6.07 Å². The molecule has 0 saturated heterocycles. The van der Waals surface area contributed by atoms with Gasteiger partial charge in [0.25, 0.3) is 0 Å². The zero-order chi connectivity index (χ0) is 12.8. The Morgan fingerprint density at radius 1 is 0.889 bits per heavy atom. The second-order valence-corrected chi connectivity index (χ2v) is 5.90. The van der Waals surface area contributed by atoms with E-state index in [0.717, 1.165) is 17.8 Å². The Hall–Kier alpha value is -1.21. The summed E-state index contributed by atoms with van der Waals surface area (Å²) in [6.45, 7) is 3.92. The molecule has 2 fully saturated rings. The van der Waals surface area contributed by atoms with Crippen molar-refractivity contribution in [1.29, 1.82) is 5.26 Å². The Kier molecular flexibility index (Phi) is 4.89. The zero-order valence-electron chi connectivity index (χ0n) is 11.2. The molecule has 0 unspecified atom stereocenters. The molecule has 2 rings (SSSR count). The minimum atomic E-state index is 0.491. The third-order valence-electron chi connectivity index (χ3n) is 4.92. The lowest BCUT2D eigenvalue weighted by molar-refractivity contribution is 0.168. The minimum Gasteiger partial charge on any atom is -0.183 e. The molecular weight excluding hydrogens is 218 g/mol. The van der Waals surface area contributed by atoms with Gasteiger partial charge in [0.1, 0.15) is 0 Å². The lowest BCUT2D eigenvalue weighted by Gasteiger charge is -2.36. The predicted octanol–water partition coefficient (Wildman–Crippen LogP) is 4.31. The van der Waals surface area contributed by atoms with Crippen LogP contribution in [0.4, 0.5) is 0 Å². The van der Waals surface area contributed by atoms with Gasteiger partial charge in [0, 0.05) is 11.8 Å². The summed E-state index contributed by atoms with van der Waals surface area (Å²) in [5.74, 6) is 8.80. The molecule has 0 atom stereocenters. The van der Waals surface area contributed by atoms with Gasteiger partial charge in [0.2, 0.25) is 0 Å². The van der Waals surface area contributed by atoms with Crippen molar-refractivity contribution in [2.75, 3.05) is 0 Å². The van der Waals surface area contributed by atoms with Crippen LogP contribution in [0.2, 0.25) is 0 Å². The monoisotopic (exact) mass is 241 g/mol. The van der Waals surface area contributed by atoms with E-state index in [1.54, 1.807) is 0 Å². The molecule has 0 aliphatic heterocycles. The molecule has 1 heteroatoms. The van der Waals surface area contributed by atoms with Crippen molar-refractivity contribution in [1.82, 2.24) is 0 Å². The molecule has 2 saturated carbocycles. The highest BCUT2D eigenvalue weighted by molar-refractivity contribution is 5.18. The minimum absolute atomic E-state index is 0.491. The molecule has 0 bridgehead atoms. The van der Waals surface area contributed by atoms with Gasteiger partial charge in [0.15, 0.2) is 6.07 Å². The molecule has 0 spiro atoms. The molecule has 0 aromatic carbocycles. The molecule has 2 aliphatic rings. The van der Waals surface area contributed by atoms with Gasteiger partial charge >= 0.3 is 0 Å². The van der Waals surface area contributed by atoms with E-state index in [4.69, 9.17) is 5.26 Å². The SMILES string of the molecule is C=CC1CCC(C2CCC(C#CC#N)CC2)CC1. The van der Waals surface area contributed by atoms with Crippen molar-refractivity contribution in [3.8, 4) is 17.9 Å². The molecular formula is C17H23N. The number of hydrogen-bond donors (Lipinski definition) is 0. The van der Waals surface area contributed by atoms with Crippen LogP contribution >= 0.6 is 0 Å². The highest BCUT2D eigenvalue weighted by Gasteiger charge is 2.29. The molecule has 0 amide bonds. The largest absolute Gasteiger partial charge is 0.183 e. The Bertz CT molecular complexity index is 363. The topological polar surface area (TPSA) is 23.8 Å². The fourth-order valence-corrected chi connectivity index (χ4v) is 3.72. The van der Waals surface area contributed by atoms with Gasteiger partial charge in [-0.15, -0.1) is 6.58 Å². The normalized spacial score (nSPS) is 35.9. The van der Waals surface area contributed by atoms with E-state index in [-0.39, 0.29) is 0 Å². The summed E-state index contributed by atoms with van der Waals surface area (Å²) in [4.78, 5) is 0. The van der Waals surface area contributed by atoms with Crippen molar-refractivity contribution in [3.05, 3.63) is 12.7 Å². The predicted molar refractivity (Wildman–Crippen MR) is 74.5 cm³/mol. The van der Waals surface area contributed by atoms with Gasteiger partial charge in [-0.2, -0.15) is 5.26 Å². The van der Waals surface area contributed by atoms with Gasteiger partial charge in [0.05, 0.1) is 0 Å². The molecule has 18 heavy (non-hydrogen) atoms. The van der Waals surface area contributed by atoms with Gasteiger partial charge in [-0.3, -0.25) is 0 Å². The number of hydrogen-bond acceptors (Lipinski definition) is 1. The van der Waals surface area contributed by atoms with Crippen LogP contribution in [-0.2, 0) is 0 Å². The lowest BCUT2D eigenvalue weighted by atomic mass is 9.69. The second kappa shape index (κ2) is 6.65. The van der Waals surface area contributed by atoms with E-state index in [0.29, 0.717) is 5.92 Å². The maximum atomic E-state index is 8.47. The van der Waals surface area contributed by atoms with Crippen LogP contribution in [0.3, 0.4) is 0 Å². The van der Waals surface area contributed by atoms with Crippen molar-refractivity contribution in [3.63, 3.8) is 0 Å². The van der Waals surface area contributed by atoms with Crippen LogP contribution < -0.4 is 0 Å². The Morgan fingerprint density at radius 2 is 1.44 bits per heavy atom. The molecule has 0 N–H and O–H groups in total. The van der Waals surface area contributed by atoms with Crippen LogP contribution in [-0.4, -0.2) is 0 Å². The quantitative estimate of drug-likeness (QED) is 0.522. The number of allylic oxidation sites excluding steroid dienone is 1. The highest BCUT2D eigenvalue weighted by atomic mass is 14.3. The molecule has 96 valence electrons. The van der Waals surface area contributed by atoms with E-state index in [2.05, 4.69) is 24.5 Å². The summed E-state index contributed by atoms with van der Waals surface area (Å²) in [5, 5.41) is 8.47. The van der Waals surface area contributed by atoms with E-state index in [9.17, 15) is 0 Å². The standard InChI is InChI=1S/C17H23N/c1-2-14-5-9-16(10-6-14)17-11-7-15(8-12-17)4-3-13-18/h2,14-17H,1,5-12H2. The first kappa shape index (κ1) is 13.2. The first-order valence-corrected chi connectivity index (χ1v) is 7.35. The van der Waals surface area contributed by atoms with E-state index in [1.165, 1.54) is 51.4 Å². The lowest BCUT2D eigenvalue weighted by Crippen LogP contribution is -2.25. The maximum absolute atomic E-state index is 8.47. The Balaban J connectivity index is 1.77. The number of nitrogens with zero attached hydrogens (tertiary/aromatic N) is 1. The van der Waals surface area contributed by atoms with Gasteiger partial charge in [-0.1, -0.05) is 12.0 Å². The first-order valence-electron chi connectivity index (χ1n) is 7.35. The van der Waals surface area contributed by atoms with Crippen LogP contribution in [0.5, 0.6) is 0 Å². The van der Waals surface area contributed by atoms with Gasteiger partial charge in [-0.25, -0.2) is 0 Å². The molecule has 0 heterocycles. The van der Waals surface area contributed by atoms with Crippen LogP contribution in [0.25, 0.3) is 0 Å². The average Bonchev–Trinajstić information content (AvgIpc) is 2.46. The summed E-state index contributed by atoms with van der Waals surface area (Å²) in [7, 11) is 0.